The molecule has 0 aromatic carbocycles. The number of allylic oxidation sites excluding steroid dienone is 3. The first-order valence-corrected chi connectivity index (χ1v) is 13.3. The average Bonchev–Trinajstić information content (AvgIpc) is 3.46. The number of urea groups is 1. The molecule has 0 saturated carbocycles. The second-order valence-electron chi connectivity index (χ2n) is 10.0. The maximum Gasteiger partial charge on any atom is 0.315 e. The normalized spacial score (nSPS) is 35.8. The second kappa shape index (κ2) is 15.2. The molecule has 3 rings (SSSR count). The first-order chi connectivity index (χ1) is 19.1. The number of rotatable bonds is 12. The number of hydrogen-bond acceptors (Lipinski definition) is 12. The molecule has 0 bridgehead atoms. The van der Waals surface area contributed by atoms with E-state index < -0.39 is 80.5 Å². The van der Waals surface area contributed by atoms with Crippen molar-refractivity contribution in [2.45, 2.75) is 87.5 Å². The van der Waals surface area contributed by atoms with Gasteiger partial charge in [0.2, 0.25) is 5.91 Å². The second-order valence-corrected chi connectivity index (χ2v) is 10.0. The van der Waals surface area contributed by atoms with Crippen molar-refractivity contribution in [3.8, 4) is 0 Å². The molecule has 0 aromatic heterocycles. The minimum Gasteiger partial charge on any atom is -0.394 e. The highest BCUT2D eigenvalue weighted by molar-refractivity contribution is 5.74. The number of carbonyl (C=O) groups is 2. The van der Waals surface area contributed by atoms with Gasteiger partial charge in [0.05, 0.1) is 13.2 Å². The molecular weight excluding hydrogens is 534 g/mol. The van der Waals surface area contributed by atoms with Crippen LogP contribution in [0, 0.1) is 0 Å². The highest BCUT2D eigenvalue weighted by Gasteiger charge is 2.51. The summed E-state index contributed by atoms with van der Waals surface area (Å²) < 4.78 is 16.6. The molecule has 9 N–H and O–H groups in total. The molecule has 10 atom stereocenters. The van der Waals surface area contributed by atoms with Gasteiger partial charge in [-0.25, -0.2) is 4.79 Å². The van der Waals surface area contributed by atoms with E-state index in [1.165, 1.54) is 11.8 Å². The third kappa shape index (κ3) is 7.97. The molecule has 2 aliphatic heterocycles. The summed E-state index contributed by atoms with van der Waals surface area (Å²) in [4.78, 5) is 25.5. The van der Waals surface area contributed by atoms with Crippen molar-refractivity contribution in [1.82, 2.24) is 15.5 Å². The van der Waals surface area contributed by atoms with Crippen LogP contribution in [-0.2, 0) is 19.0 Å². The van der Waals surface area contributed by atoms with E-state index in [2.05, 4.69) is 10.6 Å². The number of nitrogens with zero attached hydrogens (tertiary/aromatic N) is 1. The summed E-state index contributed by atoms with van der Waals surface area (Å²) in [5, 5.41) is 76.6. The van der Waals surface area contributed by atoms with E-state index in [1.807, 2.05) is 18.2 Å². The average molecular weight is 576 g/mol. The van der Waals surface area contributed by atoms with E-state index >= 15 is 0 Å². The summed E-state index contributed by atoms with van der Waals surface area (Å²) in [7, 11) is 0. The SMILES string of the molecule is CC(=O)N(CCCCNC(=O)NCC1=CC=CC1)[C@@H]1OC(CO)[C@@H](O[C@@H]2OC(CO)[C@H](O)C(O)C2O)C(O)C1O. The zero-order chi connectivity index (χ0) is 29.4. The van der Waals surface area contributed by atoms with Gasteiger partial charge in [-0.3, -0.25) is 4.79 Å². The van der Waals surface area contributed by atoms with E-state index in [9.17, 15) is 45.3 Å². The van der Waals surface area contributed by atoms with Gasteiger partial charge in [0.1, 0.15) is 48.8 Å². The summed E-state index contributed by atoms with van der Waals surface area (Å²) in [5.41, 5.74) is 1.10. The van der Waals surface area contributed by atoms with Crippen LogP contribution in [0.2, 0.25) is 0 Å². The Kier molecular flexibility index (Phi) is 12.3. The molecule has 0 aromatic rings. The first kappa shape index (κ1) is 32.3. The monoisotopic (exact) mass is 575 g/mol. The molecule has 228 valence electrons. The Morgan fingerprint density at radius 2 is 1.68 bits per heavy atom. The third-order valence-electron chi connectivity index (χ3n) is 7.13. The van der Waals surface area contributed by atoms with Crippen molar-refractivity contribution in [2.75, 3.05) is 32.8 Å². The van der Waals surface area contributed by atoms with Gasteiger partial charge >= 0.3 is 6.03 Å². The predicted molar refractivity (Wildman–Crippen MR) is 136 cm³/mol. The van der Waals surface area contributed by atoms with Crippen LogP contribution in [0.15, 0.2) is 23.8 Å². The Bertz CT molecular complexity index is 900. The maximum atomic E-state index is 12.4. The van der Waals surface area contributed by atoms with Crippen LogP contribution in [0.4, 0.5) is 4.79 Å². The summed E-state index contributed by atoms with van der Waals surface area (Å²) >= 11 is 0. The smallest absolute Gasteiger partial charge is 0.315 e. The van der Waals surface area contributed by atoms with E-state index in [0.29, 0.717) is 25.9 Å². The molecule has 15 heteroatoms. The largest absolute Gasteiger partial charge is 0.394 e. The highest BCUT2D eigenvalue weighted by atomic mass is 16.7. The quantitative estimate of drug-likeness (QED) is 0.103. The van der Waals surface area contributed by atoms with Crippen molar-refractivity contribution < 1.29 is 59.5 Å². The fourth-order valence-electron chi connectivity index (χ4n) is 4.78. The molecule has 2 heterocycles. The van der Waals surface area contributed by atoms with Crippen LogP contribution in [0.5, 0.6) is 0 Å². The van der Waals surface area contributed by atoms with Gasteiger partial charge in [-0.05, 0) is 24.8 Å². The Morgan fingerprint density at radius 1 is 0.950 bits per heavy atom. The lowest BCUT2D eigenvalue weighted by atomic mass is 9.96. The maximum absolute atomic E-state index is 12.4. The van der Waals surface area contributed by atoms with E-state index in [-0.39, 0.29) is 12.6 Å². The number of aliphatic hydroxyl groups excluding tert-OH is 7. The highest BCUT2D eigenvalue weighted by Crippen LogP contribution is 2.30. The number of nitrogens with one attached hydrogen (secondary N) is 2. The Balaban J connectivity index is 1.52. The number of ether oxygens (including phenoxy) is 3. The van der Waals surface area contributed by atoms with Crippen LogP contribution in [0.25, 0.3) is 0 Å². The van der Waals surface area contributed by atoms with Crippen molar-refractivity contribution in [2.24, 2.45) is 0 Å². The van der Waals surface area contributed by atoms with E-state index in [4.69, 9.17) is 14.2 Å². The van der Waals surface area contributed by atoms with Crippen LogP contribution in [0.1, 0.15) is 26.2 Å². The molecule has 0 radical (unpaired) electrons. The molecule has 1 aliphatic carbocycles. The lowest BCUT2D eigenvalue weighted by Crippen LogP contribution is -2.67. The van der Waals surface area contributed by atoms with Gasteiger partial charge in [-0.15, -0.1) is 0 Å². The molecule has 2 fully saturated rings. The minimum absolute atomic E-state index is 0.113. The lowest BCUT2D eigenvalue weighted by Gasteiger charge is -2.48. The van der Waals surface area contributed by atoms with Gasteiger partial charge in [-0.1, -0.05) is 18.2 Å². The number of amides is 3. The van der Waals surface area contributed by atoms with E-state index in [1.54, 1.807) is 0 Å². The predicted octanol–water partition coefficient (Wildman–Crippen LogP) is -3.58. The van der Waals surface area contributed by atoms with Crippen LogP contribution in [0.3, 0.4) is 0 Å². The molecule has 3 amide bonds. The van der Waals surface area contributed by atoms with Crippen molar-refractivity contribution >= 4 is 11.9 Å². The van der Waals surface area contributed by atoms with Gasteiger partial charge in [0.15, 0.2) is 12.5 Å². The van der Waals surface area contributed by atoms with Crippen LogP contribution >= 0.6 is 0 Å². The number of carbonyl (C=O) groups excluding carboxylic acids is 2. The van der Waals surface area contributed by atoms with Gasteiger partial charge < -0.3 is 65.5 Å². The zero-order valence-corrected chi connectivity index (χ0v) is 22.3. The van der Waals surface area contributed by atoms with Gasteiger partial charge in [0, 0.05) is 26.6 Å². The first-order valence-electron chi connectivity index (χ1n) is 13.3. The molecule has 2 saturated heterocycles. The number of aliphatic hydroxyl groups is 7. The van der Waals surface area contributed by atoms with Crippen LogP contribution < -0.4 is 10.6 Å². The summed E-state index contributed by atoms with van der Waals surface area (Å²) in [5.74, 6) is -0.467. The number of hydrogen-bond donors (Lipinski definition) is 9. The molecular formula is C25H41N3O12. The minimum atomic E-state index is -1.78. The van der Waals surface area contributed by atoms with Gasteiger partial charge in [0.25, 0.3) is 0 Å². The lowest BCUT2D eigenvalue weighted by molar-refractivity contribution is -0.347. The molecule has 40 heavy (non-hydrogen) atoms. The molecule has 0 spiro atoms. The molecule has 15 nitrogen and oxygen atoms in total. The van der Waals surface area contributed by atoms with Crippen molar-refractivity contribution in [1.29, 1.82) is 0 Å². The summed E-state index contributed by atoms with van der Waals surface area (Å²) in [6, 6.07) is -0.318. The third-order valence-corrected chi connectivity index (χ3v) is 7.13. The Morgan fingerprint density at radius 3 is 2.30 bits per heavy atom. The fourth-order valence-corrected chi connectivity index (χ4v) is 4.78. The standard InChI is InChI=1S/C25H41N3O12/c1-13(31)28(9-5-4-8-26-25(37)27-10-14-6-2-3-7-14)23-20(35)19(34)22(16(12-30)38-23)40-24-21(36)18(33)17(32)15(11-29)39-24/h2-3,6,15-24,29-30,32-36H,4-5,7-12H2,1H3,(H2,26,27,37)/t15?,16?,17-,18?,19?,20?,21?,22+,23+,24-/m0/s1. The summed E-state index contributed by atoms with van der Waals surface area (Å²) in [6.45, 7) is 0.739. The zero-order valence-electron chi connectivity index (χ0n) is 22.3. The van der Waals surface area contributed by atoms with Crippen LogP contribution in [-0.4, -0.2) is 147 Å². The van der Waals surface area contributed by atoms with E-state index in [0.717, 1.165) is 12.0 Å². The Hall–Kier alpha value is -2.18. The van der Waals surface area contributed by atoms with Gasteiger partial charge in [-0.2, -0.15) is 0 Å². The molecule has 6 unspecified atom stereocenters. The fraction of sp³-hybridized carbons (Fsp3) is 0.760. The molecule has 3 aliphatic rings. The Labute approximate surface area is 231 Å². The summed E-state index contributed by atoms with van der Waals surface area (Å²) in [6.07, 6.45) is -7.96. The van der Waals surface area contributed by atoms with Crippen molar-refractivity contribution in [3.63, 3.8) is 0 Å². The topological polar surface area (TPSA) is 231 Å². The van der Waals surface area contributed by atoms with Crippen molar-refractivity contribution in [3.05, 3.63) is 23.8 Å². The number of unbranched alkanes of at least 4 members (excludes halogenated alkanes) is 1.